The Balaban J connectivity index is -0.000000151. The van der Waals surface area contributed by atoms with Crippen molar-refractivity contribution in [3.8, 4) is 0 Å². The zero-order valence-electron chi connectivity index (χ0n) is 38.0. The highest BCUT2D eigenvalue weighted by atomic mass is 16.4. The van der Waals surface area contributed by atoms with Gasteiger partial charge >= 0.3 is 12.1 Å². The molecule has 57 heavy (non-hydrogen) atoms. The maximum Gasteiger partial charge on any atom is 0.373 e. The summed E-state index contributed by atoms with van der Waals surface area (Å²) in [4.78, 5) is 83.4. The molecule has 14 heteroatoms. The summed E-state index contributed by atoms with van der Waals surface area (Å²) < 4.78 is 0. The number of amides is 2. The van der Waals surface area contributed by atoms with Gasteiger partial charge in [-0.3, -0.25) is 28.8 Å². The monoisotopic (exact) mass is 818 g/mol. The Morgan fingerprint density at radius 1 is 0.596 bits per heavy atom. The number of rotatable bonds is 17. The Bertz CT molecular complexity index is 1170. The van der Waals surface area contributed by atoms with Gasteiger partial charge in [0.15, 0.2) is 11.6 Å². The van der Waals surface area contributed by atoms with Crippen LogP contribution in [0, 0.1) is 21.7 Å². The van der Waals surface area contributed by atoms with Gasteiger partial charge in [-0.25, -0.2) is 0 Å². The maximum absolute atomic E-state index is 12.0. The minimum atomic E-state index is -0.921. The van der Waals surface area contributed by atoms with Crippen molar-refractivity contribution in [2.24, 2.45) is 38.9 Å². The smallest absolute Gasteiger partial charge is 0.373 e. The molecule has 0 heterocycles. The van der Waals surface area contributed by atoms with Gasteiger partial charge in [0.2, 0.25) is 11.8 Å². The first-order valence-electron chi connectivity index (χ1n) is 19.7. The van der Waals surface area contributed by atoms with Gasteiger partial charge in [-0.05, 0) is 80.1 Å². The van der Waals surface area contributed by atoms with Crippen LogP contribution in [-0.2, 0) is 38.4 Å². The van der Waals surface area contributed by atoms with E-state index in [0.717, 1.165) is 19.3 Å². The summed E-state index contributed by atoms with van der Waals surface area (Å²) in [6, 6.07) is -1.67. The van der Waals surface area contributed by atoms with Gasteiger partial charge in [-0.2, -0.15) is 9.59 Å². The number of carboxylic acids is 1. The predicted octanol–water partition coefficient (Wildman–Crippen LogP) is 6.54. The Morgan fingerprint density at radius 3 is 1.23 bits per heavy atom. The summed E-state index contributed by atoms with van der Waals surface area (Å²) in [6.45, 7) is 32.0. The molecule has 0 radical (unpaired) electrons. The fourth-order valence-electron chi connectivity index (χ4n) is 4.91. The molecule has 2 amide bonds. The molecule has 0 aromatic rings. The zero-order valence-corrected chi connectivity index (χ0v) is 38.0. The molecular formula is C43H87N5O9. The summed E-state index contributed by atoms with van der Waals surface area (Å²) >= 11 is 0. The van der Waals surface area contributed by atoms with E-state index in [-0.39, 0.29) is 82.5 Å². The molecule has 14 nitrogen and oxygen atoms in total. The van der Waals surface area contributed by atoms with E-state index in [1.165, 1.54) is 13.8 Å². The lowest BCUT2D eigenvalue weighted by atomic mass is 9.86. The number of carboxylic acid groups (broad SMARTS) is 1. The molecule has 0 rings (SSSR count). The predicted molar refractivity (Wildman–Crippen MR) is 230 cm³/mol. The molecule has 4 atom stereocenters. The number of aliphatic carboxylic acids is 1. The van der Waals surface area contributed by atoms with Crippen LogP contribution in [0.4, 0.5) is 0 Å². The first-order chi connectivity index (χ1) is 25.1. The van der Waals surface area contributed by atoms with Crippen LogP contribution in [0.1, 0.15) is 182 Å². The number of nitrogens with one attached hydrogen (secondary N) is 2. The summed E-state index contributed by atoms with van der Waals surface area (Å²) in [6.07, 6.45) is 6.84. The lowest BCUT2D eigenvalue weighted by molar-refractivity contribution is -0.191. The first-order valence-corrected chi connectivity index (χ1v) is 19.7. The number of ketones is 3. The molecular weight excluding hydrogens is 730 g/mol. The van der Waals surface area contributed by atoms with Crippen LogP contribution < -0.4 is 27.8 Å². The molecule has 0 aliphatic rings. The van der Waals surface area contributed by atoms with E-state index in [1.54, 1.807) is 0 Å². The molecule has 0 aliphatic heterocycles. The highest BCUT2D eigenvalue weighted by Gasteiger charge is 2.26. The fraction of sp³-hybridized carbons (Fsp3) is 0.837. The minimum Gasteiger partial charge on any atom is -0.480 e. The van der Waals surface area contributed by atoms with Crippen molar-refractivity contribution in [3.05, 3.63) is 0 Å². The SMILES string of the molecule is C.CC(=O)N[C@@H](CC(C)(C)C)C(C)=O.CC(C)(C)C[C@H](N)C(=O)O.CCCC(=O)[C@@H](N)CC(C)(C)C.CCCC(=O)[C@H](CC(C)(C)C)NC(=O)CCCN.O=C=O. The van der Waals surface area contributed by atoms with Crippen LogP contribution in [-0.4, -0.2) is 77.1 Å². The molecule has 0 aliphatic carbocycles. The van der Waals surface area contributed by atoms with Crippen molar-refractivity contribution >= 4 is 41.3 Å². The Kier molecular flexibility index (Phi) is 38.7. The number of hydrogen-bond acceptors (Lipinski definition) is 11. The van der Waals surface area contributed by atoms with E-state index in [9.17, 15) is 28.8 Å². The molecule has 338 valence electrons. The van der Waals surface area contributed by atoms with Gasteiger partial charge in [0.25, 0.3) is 0 Å². The largest absolute Gasteiger partial charge is 0.480 e. The van der Waals surface area contributed by atoms with Crippen LogP contribution in [0.3, 0.4) is 0 Å². The zero-order chi connectivity index (χ0) is 45.7. The van der Waals surface area contributed by atoms with Gasteiger partial charge in [0, 0.05) is 26.2 Å². The second-order valence-electron chi connectivity index (χ2n) is 19.0. The Labute approximate surface area is 346 Å². The van der Waals surface area contributed by atoms with E-state index in [0.29, 0.717) is 51.5 Å². The second-order valence-corrected chi connectivity index (χ2v) is 19.0. The van der Waals surface area contributed by atoms with Crippen LogP contribution in [0.25, 0.3) is 0 Å². The summed E-state index contributed by atoms with van der Waals surface area (Å²) in [7, 11) is 0. The normalized spacial score (nSPS) is 13.0. The van der Waals surface area contributed by atoms with E-state index >= 15 is 0 Å². The molecule has 0 saturated heterocycles. The molecule has 0 spiro atoms. The fourth-order valence-corrected chi connectivity index (χ4v) is 4.91. The van der Waals surface area contributed by atoms with Crippen molar-refractivity contribution < 1.29 is 43.5 Å². The van der Waals surface area contributed by atoms with Crippen molar-refractivity contribution in [2.45, 2.75) is 207 Å². The lowest BCUT2D eigenvalue weighted by Gasteiger charge is -2.26. The number of Topliss-reactive ketones (excluding diaryl/α,β-unsaturated/α-hetero) is 3. The van der Waals surface area contributed by atoms with Gasteiger partial charge in [-0.15, -0.1) is 0 Å². The third-order valence-electron chi connectivity index (χ3n) is 7.22. The molecule has 9 N–H and O–H groups in total. The summed E-state index contributed by atoms with van der Waals surface area (Å²) in [5.74, 6) is -0.787. The standard InChI is InChI=1S/C14H28N2O2.C10H19NO2.C10H21NO.C7H15NO2.CO2.CH4/c1-5-7-12(17)11(10-14(2,3)4)16-13(18)8-6-9-15;1-7(12)9(11-8(2)13)6-10(3,4)5;1-5-6-9(12)8(11)7-10(2,3)4;1-7(2,3)4-5(8)6(9)10;2-1-3;/h11H,5-10,15H2,1-4H3,(H,16,18);9H,6H2,1-5H3,(H,11,13);8H,5-7,11H2,1-4H3;5H,4,8H2,1-3H3,(H,9,10);;1H4/t11-;9-;8-;5-;;/m0000../s1. The van der Waals surface area contributed by atoms with Crippen molar-refractivity contribution in [1.82, 2.24) is 10.6 Å². The van der Waals surface area contributed by atoms with Crippen molar-refractivity contribution in [1.29, 1.82) is 0 Å². The Hall–Kier alpha value is -3.32. The van der Waals surface area contributed by atoms with Crippen LogP contribution in [0.2, 0.25) is 0 Å². The molecule has 0 aromatic heterocycles. The molecule has 0 aromatic carbocycles. The van der Waals surface area contributed by atoms with Gasteiger partial charge in [0.1, 0.15) is 11.8 Å². The van der Waals surface area contributed by atoms with E-state index in [4.69, 9.17) is 31.9 Å². The van der Waals surface area contributed by atoms with Gasteiger partial charge in [-0.1, -0.05) is 104 Å². The van der Waals surface area contributed by atoms with Crippen molar-refractivity contribution in [3.63, 3.8) is 0 Å². The van der Waals surface area contributed by atoms with E-state index < -0.39 is 12.0 Å². The maximum atomic E-state index is 12.0. The van der Waals surface area contributed by atoms with E-state index in [1.807, 2.05) is 55.4 Å². The number of hydrogen-bond donors (Lipinski definition) is 6. The van der Waals surface area contributed by atoms with E-state index in [2.05, 4.69) is 52.2 Å². The highest BCUT2D eigenvalue weighted by Crippen LogP contribution is 2.23. The third-order valence-corrected chi connectivity index (χ3v) is 7.22. The third kappa shape index (κ3) is 52.7. The minimum absolute atomic E-state index is 0. The first kappa shape index (κ1) is 65.5. The lowest BCUT2D eigenvalue weighted by Crippen LogP contribution is -2.43. The average Bonchev–Trinajstić information content (AvgIpc) is 2.97. The quantitative estimate of drug-likeness (QED) is 0.0915. The average molecular weight is 818 g/mol. The highest BCUT2D eigenvalue weighted by molar-refractivity contribution is 5.89. The molecule has 0 unspecified atom stereocenters. The van der Waals surface area contributed by atoms with Crippen LogP contribution in [0.15, 0.2) is 0 Å². The molecule has 0 saturated carbocycles. The van der Waals surface area contributed by atoms with Crippen LogP contribution in [0.5, 0.6) is 0 Å². The number of nitrogens with two attached hydrogens (primary N) is 3. The second kappa shape index (κ2) is 33.6. The Morgan fingerprint density at radius 2 is 0.947 bits per heavy atom. The molecule has 0 fully saturated rings. The molecule has 0 bridgehead atoms. The topological polar surface area (TPSA) is 259 Å². The number of carbonyl (C=O) groups excluding carboxylic acids is 7. The summed E-state index contributed by atoms with van der Waals surface area (Å²) in [5.41, 5.74) is 16.6. The van der Waals surface area contributed by atoms with Gasteiger partial charge < -0.3 is 32.9 Å². The summed E-state index contributed by atoms with van der Waals surface area (Å²) in [5, 5.41) is 13.9. The number of carbonyl (C=O) groups is 6. The van der Waals surface area contributed by atoms with Crippen LogP contribution >= 0.6 is 0 Å². The van der Waals surface area contributed by atoms with Gasteiger partial charge in [0.05, 0.1) is 18.1 Å². The van der Waals surface area contributed by atoms with Crippen molar-refractivity contribution in [2.75, 3.05) is 6.54 Å².